The Labute approximate surface area is 153 Å². The van der Waals surface area contributed by atoms with E-state index < -0.39 is 0 Å². The van der Waals surface area contributed by atoms with E-state index in [4.69, 9.17) is 16.3 Å². The third-order valence-corrected chi connectivity index (χ3v) is 4.79. The molecule has 0 unspecified atom stereocenters. The summed E-state index contributed by atoms with van der Waals surface area (Å²) in [5.41, 5.74) is 2.99. The van der Waals surface area contributed by atoms with E-state index in [9.17, 15) is 4.79 Å². The van der Waals surface area contributed by atoms with E-state index in [2.05, 4.69) is 10.3 Å². The topological polar surface area (TPSA) is 54.5 Å². The Morgan fingerprint density at radius 3 is 2.72 bits per heavy atom. The second-order valence-corrected chi connectivity index (χ2v) is 6.62. The Balaban J connectivity index is 1.82. The number of piperidine rings is 1. The van der Waals surface area contributed by atoms with Crippen molar-refractivity contribution >= 4 is 28.9 Å². The van der Waals surface area contributed by atoms with Crippen molar-refractivity contribution in [1.29, 1.82) is 0 Å². The second-order valence-electron chi connectivity index (χ2n) is 6.21. The summed E-state index contributed by atoms with van der Waals surface area (Å²) in [4.78, 5) is 18.7. The molecule has 1 amide bonds. The second kappa shape index (κ2) is 7.74. The zero-order valence-electron chi connectivity index (χ0n) is 14.5. The van der Waals surface area contributed by atoms with Crippen LogP contribution in [-0.4, -0.2) is 36.0 Å². The summed E-state index contributed by atoms with van der Waals surface area (Å²) >= 11 is 6.15. The number of aryl methyl sites for hydroxylation is 1. The number of methoxy groups -OCH3 is 1. The molecule has 132 valence electrons. The molecule has 0 spiro atoms. The highest BCUT2D eigenvalue weighted by Crippen LogP contribution is 2.33. The number of nitrogens with one attached hydrogen (secondary N) is 1. The maximum absolute atomic E-state index is 12.6. The molecule has 5 nitrogen and oxygen atoms in total. The van der Waals surface area contributed by atoms with Crippen LogP contribution in [0.25, 0.3) is 0 Å². The number of carbonyl (C=O) groups excluding carboxylic acids is 1. The quantitative estimate of drug-likeness (QED) is 0.877. The van der Waals surface area contributed by atoms with E-state index in [0.29, 0.717) is 16.5 Å². The first kappa shape index (κ1) is 17.5. The number of halogens is 1. The molecule has 0 saturated carbocycles. The van der Waals surface area contributed by atoms with E-state index >= 15 is 0 Å². The van der Waals surface area contributed by atoms with Crippen molar-refractivity contribution in [2.75, 3.05) is 25.5 Å². The van der Waals surface area contributed by atoms with E-state index in [0.717, 1.165) is 42.9 Å². The molecule has 3 rings (SSSR count). The van der Waals surface area contributed by atoms with Gasteiger partial charge in [-0.15, -0.1) is 0 Å². The molecule has 1 aromatic heterocycles. The Kier molecular flexibility index (Phi) is 5.43. The summed E-state index contributed by atoms with van der Waals surface area (Å²) in [6.45, 7) is 3.55. The minimum absolute atomic E-state index is 0.0115. The predicted octanol–water partition coefficient (Wildman–Crippen LogP) is 4.42. The molecule has 25 heavy (non-hydrogen) atoms. The van der Waals surface area contributed by atoms with Crippen LogP contribution in [0.4, 0.5) is 11.4 Å². The van der Waals surface area contributed by atoms with Crippen LogP contribution in [0.15, 0.2) is 30.5 Å². The molecule has 1 aromatic carbocycles. The zero-order chi connectivity index (χ0) is 17.8. The highest BCUT2D eigenvalue weighted by Gasteiger charge is 2.19. The van der Waals surface area contributed by atoms with Gasteiger partial charge in [0.15, 0.2) is 0 Å². The van der Waals surface area contributed by atoms with Crippen molar-refractivity contribution in [2.45, 2.75) is 26.2 Å². The molecule has 0 atom stereocenters. The zero-order valence-corrected chi connectivity index (χ0v) is 15.3. The minimum atomic E-state index is -0.0115. The fraction of sp³-hybridized carbons (Fsp3) is 0.368. The van der Waals surface area contributed by atoms with Crippen LogP contribution in [0, 0.1) is 6.92 Å². The molecule has 1 fully saturated rings. The Hall–Kier alpha value is -2.27. The normalized spacial score (nSPS) is 14.3. The van der Waals surface area contributed by atoms with Crippen molar-refractivity contribution in [2.24, 2.45) is 0 Å². The number of rotatable bonds is 4. The van der Waals surface area contributed by atoms with Gasteiger partial charge in [-0.1, -0.05) is 11.6 Å². The molecule has 1 aliphatic heterocycles. The lowest BCUT2D eigenvalue weighted by atomic mass is 10.1. The lowest BCUT2D eigenvalue weighted by molar-refractivity contribution is 0.0718. The van der Waals surface area contributed by atoms with Gasteiger partial charge in [0.2, 0.25) is 0 Å². The van der Waals surface area contributed by atoms with Crippen LogP contribution < -0.4 is 10.1 Å². The Morgan fingerprint density at radius 1 is 1.24 bits per heavy atom. The average Bonchev–Trinajstić information content (AvgIpc) is 2.65. The first-order valence-electron chi connectivity index (χ1n) is 8.45. The summed E-state index contributed by atoms with van der Waals surface area (Å²) < 4.78 is 5.39. The molecule has 6 heteroatoms. The summed E-state index contributed by atoms with van der Waals surface area (Å²) in [5.74, 6) is 0.638. The van der Waals surface area contributed by atoms with Crippen LogP contribution in [0.3, 0.4) is 0 Å². The number of amides is 1. The fourth-order valence-corrected chi connectivity index (χ4v) is 3.12. The summed E-state index contributed by atoms with van der Waals surface area (Å²) in [6, 6.07) is 7.31. The van der Waals surface area contributed by atoms with Crippen molar-refractivity contribution in [3.63, 3.8) is 0 Å². The summed E-state index contributed by atoms with van der Waals surface area (Å²) in [6.07, 6.45) is 4.96. The first-order valence-corrected chi connectivity index (χ1v) is 8.83. The number of pyridine rings is 1. The van der Waals surface area contributed by atoms with E-state index in [1.807, 2.05) is 24.0 Å². The third kappa shape index (κ3) is 4.04. The van der Waals surface area contributed by atoms with Gasteiger partial charge in [-0.25, -0.2) is 0 Å². The van der Waals surface area contributed by atoms with Gasteiger partial charge in [-0.3, -0.25) is 9.78 Å². The number of nitrogens with zero attached hydrogens (tertiary/aromatic N) is 2. The molecule has 2 heterocycles. The monoisotopic (exact) mass is 359 g/mol. The smallest absolute Gasteiger partial charge is 0.272 e. The number of hydrogen-bond acceptors (Lipinski definition) is 4. The minimum Gasteiger partial charge on any atom is -0.495 e. The largest absolute Gasteiger partial charge is 0.495 e. The molecular weight excluding hydrogens is 338 g/mol. The van der Waals surface area contributed by atoms with Crippen molar-refractivity contribution in [1.82, 2.24) is 9.88 Å². The predicted molar refractivity (Wildman–Crippen MR) is 100 cm³/mol. The van der Waals surface area contributed by atoms with Crippen LogP contribution in [-0.2, 0) is 0 Å². The lowest BCUT2D eigenvalue weighted by Gasteiger charge is -2.26. The van der Waals surface area contributed by atoms with Crippen molar-refractivity contribution in [3.05, 3.63) is 46.7 Å². The number of anilines is 2. The maximum atomic E-state index is 12.6. The first-order chi connectivity index (χ1) is 12.1. The standard InChI is InChI=1S/C19H22ClN3O2/c1-13-10-16(18(25-2)12-15(13)20)22-14-6-7-21-17(11-14)19(24)23-8-4-3-5-9-23/h6-7,10-12H,3-5,8-9H2,1-2H3,(H,21,22). The van der Waals surface area contributed by atoms with Crippen LogP contribution in [0.1, 0.15) is 35.3 Å². The van der Waals surface area contributed by atoms with Crippen molar-refractivity contribution < 1.29 is 9.53 Å². The third-order valence-electron chi connectivity index (χ3n) is 4.38. The van der Waals surface area contributed by atoms with Gasteiger partial charge in [0.1, 0.15) is 11.4 Å². The molecule has 1 N–H and O–H groups in total. The molecule has 2 aromatic rings. The number of ether oxygens (including phenoxy) is 1. The molecule has 1 aliphatic rings. The van der Waals surface area contributed by atoms with E-state index in [1.54, 1.807) is 25.4 Å². The van der Waals surface area contributed by atoms with Gasteiger partial charge in [-0.05, 0) is 49.9 Å². The summed E-state index contributed by atoms with van der Waals surface area (Å²) in [5, 5.41) is 3.95. The van der Waals surface area contributed by atoms with Crippen LogP contribution in [0.2, 0.25) is 5.02 Å². The summed E-state index contributed by atoms with van der Waals surface area (Å²) in [7, 11) is 1.60. The Bertz CT molecular complexity index is 773. The highest BCUT2D eigenvalue weighted by molar-refractivity contribution is 6.31. The van der Waals surface area contributed by atoms with Gasteiger partial charge in [0.25, 0.3) is 5.91 Å². The number of hydrogen-bond donors (Lipinski definition) is 1. The fourth-order valence-electron chi connectivity index (χ4n) is 2.97. The molecule has 1 saturated heterocycles. The lowest BCUT2D eigenvalue weighted by Crippen LogP contribution is -2.36. The number of likely N-dealkylation sites (tertiary alicyclic amines) is 1. The highest BCUT2D eigenvalue weighted by atomic mass is 35.5. The van der Waals surface area contributed by atoms with E-state index in [1.165, 1.54) is 6.42 Å². The SMILES string of the molecule is COc1cc(Cl)c(C)cc1Nc1ccnc(C(=O)N2CCCCC2)c1. The van der Waals surface area contributed by atoms with Crippen LogP contribution in [0.5, 0.6) is 5.75 Å². The number of carbonyl (C=O) groups is 1. The number of aromatic nitrogens is 1. The van der Waals surface area contributed by atoms with Gasteiger partial charge in [-0.2, -0.15) is 0 Å². The van der Waals surface area contributed by atoms with Gasteiger partial charge in [0, 0.05) is 36.1 Å². The van der Waals surface area contributed by atoms with Crippen LogP contribution >= 0.6 is 11.6 Å². The molecular formula is C19H22ClN3O2. The Morgan fingerprint density at radius 2 is 2.00 bits per heavy atom. The van der Waals surface area contributed by atoms with E-state index in [-0.39, 0.29) is 5.91 Å². The molecule has 0 radical (unpaired) electrons. The molecule has 0 bridgehead atoms. The molecule has 0 aliphatic carbocycles. The van der Waals surface area contributed by atoms with Gasteiger partial charge < -0.3 is 15.0 Å². The maximum Gasteiger partial charge on any atom is 0.272 e. The van der Waals surface area contributed by atoms with Gasteiger partial charge in [0.05, 0.1) is 12.8 Å². The average molecular weight is 360 g/mol. The van der Waals surface area contributed by atoms with Crippen molar-refractivity contribution in [3.8, 4) is 5.75 Å². The van der Waals surface area contributed by atoms with Gasteiger partial charge >= 0.3 is 0 Å². The number of benzene rings is 1.